The minimum Gasteiger partial charge on any atom is -0.325 e. The first kappa shape index (κ1) is 16.4. The van der Waals surface area contributed by atoms with Gasteiger partial charge in [-0.2, -0.15) is 0 Å². The number of hydrogen-bond donors (Lipinski definition) is 1. The van der Waals surface area contributed by atoms with Gasteiger partial charge in [-0.3, -0.25) is 4.79 Å². The fourth-order valence-corrected chi connectivity index (χ4v) is 3.68. The molecule has 0 aliphatic heterocycles. The van der Waals surface area contributed by atoms with Gasteiger partial charge < -0.3 is 4.57 Å². The minimum atomic E-state index is -0.513. The van der Waals surface area contributed by atoms with Crippen LogP contribution in [0, 0.1) is 0 Å². The van der Waals surface area contributed by atoms with E-state index < -0.39 is 11.5 Å². The first-order chi connectivity index (χ1) is 9.90. The number of carbonyl (C=O) groups is 1. The average molecular weight is 343 g/mol. The van der Waals surface area contributed by atoms with E-state index in [0.717, 1.165) is 5.56 Å². The van der Waals surface area contributed by atoms with Crippen molar-refractivity contribution >= 4 is 40.9 Å². The SMILES string of the molecule is CCC(C)(c1ccc(Cl)cc1Cl)C(C(=O)S)n1ccnc1. The van der Waals surface area contributed by atoms with E-state index in [-0.39, 0.29) is 5.12 Å². The summed E-state index contributed by atoms with van der Waals surface area (Å²) in [6, 6.07) is 4.85. The van der Waals surface area contributed by atoms with Crippen molar-refractivity contribution in [3.63, 3.8) is 0 Å². The van der Waals surface area contributed by atoms with Crippen LogP contribution in [0.2, 0.25) is 10.0 Å². The third kappa shape index (κ3) is 3.12. The zero-order valence-electron chi connectivity index (χ0n) is 11.8. The van der Waals surface area contributed by atoms with Crippen LogP contribution in [0.1, 0.15) is 31.9 Å². The molecule has 0 saturated carbocycles. The molecule has 1 aromatic carbocycles. The lowest BCUT2D eigenvalue weighted by Crippen LogP contribution is -2.37. The third-order valence-electron chi connectivity index (χ3n) is 3.94. The second-order valence-corrected chi connectivity index (χ2v) is 6.43. The summed E-state index contributed by atoms with van der Waals surface area (Å²) in [4.78, 5) is 16.2. The second-order valence-electron chi connectivity index (χ2n) is 5.15. The van der Waals surface area contributed by atoms with Gasteiger partial charge in [-0.25, -0.2) is 4.98 Å². The van der Waals surface area contributed by atoms with Gasteiger partial charge in [0.05, 0.1) is 6.33 Å². The Balaban J connectivity index is 2.60. The van der Waals surface area contributed by atoms with Gasteiger partial charge in [0.15, 0.2) is 0 Å². The van der Waals surface area contributed by atoms with Crippen LogP contribution in [0.3, 0.4) is 0 Å². The monoisotopic (exact) mass is 342 g/mol. The van der Waals surface area contributed by atoms with Gasteiger partial charge in [-0.05, 0) is 24.1 Å². The van der Waals surface area contributed by atoms with Crippen LogP contribution < -0.4 is 0 Å². The number of benzene rings is 1. The molecule has 0 aliphatic carbocycles. The van der Waals surface area contributed by atoms with Crippen LogP contribution in [0.5, 0.6) is 0 Å². The van der Waals surface area contributed by atoms with E-state index in [1.165, 1.54) is 0 Å². The Kier molecular flexibility index (Phi) is 5.02. The smallest absolute Gasteiger partial charge is 0.209 e. The molecular formula is C15H16Cl2N2OS. The summed E-state index contributed by atoms with van der Waals surface area (Å²) in [6.07, 6.45) is 5.74. The van der Waals surface area contributed by atoms with Crippen LogP contribution in [0.25, 0.3) is 0 Å². The van der Waals surface area contributed by atoms with Crippen molar-refractivity contribution < 1.29 is 4.79 Å². The standard InChI is InChI=1S/C15H16Cl2N2OS/c1-3-15(2,11-5-4-10(16)8-12(11)17)13(14(20)21)19-7-6-18-9-19/h4-9,13H,3H2,1-2H3,(H,20,21). The zero-order valence-corrected chi connectivity index (χ0v) is 14.2. The molecule has 0 N–H and O–H groups in total. The normalized spacial score (nSPS) is 15.5. The number of imidazole rings is 1. The molecule has 0 amide bonds. The summed E-state index contributed by atoms with van der Waals surface area (Å²) in [7, 11) is 0. The maximum Gasteiger partial charge on any atom is 0.209 e. The van der Waals surface area contributed by atoms with Crippen molar-refractivity contribution in [1.82, 2.24) is 9.55 Å². The number of hydrogen-bond acceptors (Lipinski definition) is 2. The number of rotatable bonds is 5. The van der Waals surface area contributed by atoms with Gasteiger partial charge in [-0.15, -0.1) is 12.6 Å². The first-order valence-electron chi connectivity index (χ1n) is 6.56. The second kappa shape index (κ2) is 6.42. The molecule has 21 heavy (non-hydrogen) atoms. The summed E-state index contributed by atoms with van der Waals surface area (Å²) in [5.41, 5.74) is 0.360. The molecule has 112 valence electrons. The lowest BCUT2D eigenvalue weighted by molar-refractivity contribution is -0.115. The molecule has 3 nitrogen and oxygen atoms in total. The molecule has 0 bridgehead atoms. The number of halogens is 2. The van der Waals surface area contributed by atoms with Crippen LogP contribution in [0.15, 0.2) is 36.9 Å². The molecule has 1 heterocycles. The van der Waals surface area contributed by atoms with Crippen molar-refractivity contribution in [1.29, 1.82) is 0 Å². The van der Waals surface area contributed by atoms with Crippen LogP contribution in [-0.4, -0.2) is 14.7 Å². The molecule has 0 radical (unpaired) electrons. The molecular weight excluding hydrogens is 327 g/mol. The minimum absolute atomic E-state index is 0.233. The molecule has 2 aromatic rings. The molecule has 2 unspecified atom stereocenters. The van der Waals surface area contributed by atoms with Crippen molar-refractivity contribution in [2.24, 2.45) is 0 Å². The Hall–Kier alpha value is -0.970. The van der Waals surface area contributed by atoms with Gasteiger partial charge in [0.2, 0.25) is 5.12 Å². The highest BCUT2D eigenvalue weighted by atomic mass is 35.5. The van der Waals surface area contributed by atoms with Crippen molar-refractivity contribution in [3.8, 4) is 0 Å². The maximum atomic E-state index is 12.1. The molecule has 1 aromatic heterocycles. The Morgan fingerprint density at radius 2 is 2.19 bits per heavy atom. The molecule has 0 aliphatic rings. The fourth-order valence-electron chi connectivity index (χ4n) is 2.63. The number of nitrogens with zero attached hydrogens (tertiary/aromatic N) is 2. The van der Waals surface area contributed by atoms with Gasteiger partial charge >= 0.3 is 0 Å². The van der Waals surface area contributed by atoms with E-state index in [9.17, 15) is 4.79 Å². The predicted octanol–water partition coefficient (Wildman–Crippen LogP) is 4.56. The Labute approximate surface area is 139 Å². The van der Waals surface area contributed by atoms with E-state index in [1.807, 2.05) is 19.9 Å². The molecule has 0 spiro atoms. The van der Waals surface area contributed by atoms with E-state index in [0.29, 0.717) is 16.5 Å². The van der Waals surface area contributed by atoms with E-state index in [2.05, 4.69) is 17.6 Å². The predicted molar refractivity (Wildman–Crippen MR) is 89.4 cm³/mol. The molecule has 2 rings (SSSR count). The quantitative estimate of drug-likeness (QED) is 0.808. The lowest BCUT2D eigenvalue weighted by atomic mass is 9.74. The largest absolute Gasteiger partial charge is 0.325 e. The van der Waals surface area contributed by atoms with Gasteiger partial charge in [0.1, 0.15) is 6.04 Å². The van der Waals surface area contributed by atoms with E-state index in [4.69, 9.17) is 23.2 Å². The van der Waals surface area contributed by atoms with E-state index in [1.54, 1.807) is 35.4 Å². The van der Waals surface area contributed by atoms with Gasteiger partial charge in [0.25, 0.3) is 0 Å². The van der Waals surface area contributed by atoms with Crippen molar-refractivity contribution in [3.05, 3.63) is 52.5 Å². The summed E-state index contributed by atoms with van der Waals surface area (Å²) in [6.45, 7) is 4.02. The lowest BCUT2D eigenvalue weighted by Gasteiger charge is -2.37. The zero-order chi connectivity index (χ0) is 15.6. The van der Waals surface area contributed by atoms with Gasteiger partial charge in [-0.1, -0.05) is 43.1 Å². The van der Waals surface area contributed by atoms with E-state index >= 15 is 0 Å². The summed E-state index contributed by atoms with van der Waals surface area (Å²) < 4.78 is 1.77. The van der Waals surface area contributed by atoms with Crippen molar-refractivity contribution in [2.75, 3.05) is 0 Å². The van der Waals surface area contributed by atoms with Gasteiger partial charge in [0, 0.05) is 27.9 Å². The summed E-state index contributed by atoms with van der Waals surface area (Å²) >= 11 is 16.4. The molecule has 2 atom stereocenters. The summed E-state index contributed by atoms with van der Waals surface area (Å²) in [5, 5.41) is 0.883. The molecule has 0 fully saturated rings. The molecule has 6 heteroatoms. The highest BCUT2D eigenvalue weighted by Gasteiger charge is 2.40. The number of thiol groups is 1. The number of aromatic nitrogens is 2. The Morgan fingerprint density at radius 1 is 1.48 bits per heavy atom. The fraction of sp³-hybridized carbons (Fsp3) is 0.333. The van der Waals surface area contributed by atoms with Crippen molar-refractivity contribution in [2.45, 2.75) is 31.7 Å². The topological polar surface area (TPSA) is 34.9 Å². The highest BCUT2D eigenvalue weighted by molar-refractivity contribution is 7.96. The maximum absolute atomic E-state index is 12.1. The van der Waals surface area contributed by atoms with Crippen LogP contribution in [0.4, 0.5) is 0 Å². The Morgan fingerprint density at radius 3 is 2.67 bits per heavy atom. The third-order valence-corrected chi connectivity index (χ3v) is 4.73. The van der Waals surface area contributed by atoms with Crippen LogP contribution in [-0.2, 0) is 10.2 Å². The highest BCUT2D eigenvalue weighted by Crippen LogP contribution is 2.43. The molecule has 0 saturated heterocycles. The summed E-state index contributed by atoms with van der Waals surface area (Å²) in [5.74, 6) is 0. The number of carbonyl (C=O) groups excluding carboxylic acids is 1. The Bertz CT molecular complexity index is 645. The first-order valence-corrected chi connectivity index (χ1v) is 7.76. The average Bonchev–Trinajstić information content (AvgIpc) is 2.91. The van der Waals surface area contributed by atoms with Crippen LogP contribution >= 0.6 is 35.8 Å².